The molecule has 2 aromatic rings. The minimum absolute atomic E-state index is 0.847. The van der Waals surface area contributed by atoms with Crippen molar-refractivity contribution < 1.29 is 0 Å². The second-order valence-corrected chi connectivity index (χ2v) is 2.78. The summed E-state index contributed by atoms with van der Waals surface area (Å²) < 4.78 is 1.94. The maximum absolute atomic E-state index is 4.09. The molecule has 2 aromatic heterocycles. The molecule has 0 aromatic carbocycles. The minimum Gasteiger partial charge on any atom is -0.284 e. The first kappa shape index (κ1) is 7.97. The highest BCUT2D eigenvalue weighted by molar-refractivity contribution is 5.23. The summed E-state index contributed by atoms with van der Waals surface area (Å²) in [7, 11) is 0. The van der Waals surface area contributed by atoms with E-state index in [2.05, 4.69) is 20.4 Å². The predicted octanol–water partition coefficient (Wildman–Crippen LogP) is 0.861. The van der Waals surface area contributed by atoms with Crippen molar-refractivity contribution in [3.63, 3.8) is 0 Å². The van der Waals surface area contributed by atoms with Gasteiger partial charge in [-0.25, -0.2) is 0 Å². The van der Waals surface area contributed by atoms with Gasteiger partial charge in [0.1, 0.15) is 11.6 Å². The molecule has 0 aliphatic rings. The van der Waals surface area contributed by atoms with Crippen LogP contribution in [-0.2, 0) is 6.42 Å². The lowest BCUT2D eigenvalue weighted by Crippen LogP contribution is -2.02. The minimum atomic E-state index is 0.847. The number of hydrogen-bond donors (Lipinski definition) is 1. The van der Waals surface area contributed by atoms with E-state index >= 15 is 0 Å². The highest BCUT2D eigenvalue weighted by Crippen LogP contribution is 2.09. The van der Waals surface area contributed by atoms with Crippen LogP contribution < -0.4 is 0 Å². The van der Waals surface area contributed by atoms with Crippen LogP contribution >= 0.6 is 0 Å². The molecule has 68 valence electrons. The van der Waals surface area contributed by atoms with Crippen LogP contribution in [0.25, 0.3) is 5.82 Å². The molecule has 13 heavy (non-hydrogen) atoms. The van der Waals surface area contributed by atoms with Gasteiger partial charge < -0.3 is 0 Å². The standard InChI is InChI=1S/C8H11N5/c1-3-7-12-10-6(2)13(7)8-4-5-9-11-8/h4-5H,3H2,1-2H3,(H,9,11). The molecule has 0 saturated carbocycles. The third-order valence-corrected chi connectivity index (χ3v) is 1.92. The molecule has 0 unspecified atom stereocenters. The number of nitrogens with zero attached hydrogens (tertiary/aromatic N) is 4. The Labute approximate surface area is 75.8 Å². The Hall–Kier alpha value is -1.65. The fraction of sp³-hybridized carbons (Fsp3) is 0.375. The lowest BCUT2D eigenvalue weighted by molar-refractivity contribution is 0.840. The second kappa shape index (κ2) is 3.01. The molecule has 0 amide bonds. The quantitative estimate of drug-likeness (QED) is 0.740. The summed E-state index contributed by atoms with van der Waals surface area (Å²) in [4.78, 5) is 0. The van der Waals surface area contributed by atoms with E-state index < -0.39 is 0 Å². The SMILES string of the molecule is CCc1nnc(C)n1-c1cc[nH]n1. The first-order valence-electron chi connectivity index (χ1n) is 4.24. The van der Waals surface area contributed by atoms with E-state index in [0.29, 0.717) is 0 Å². The van der Waals surface area contributed by atoms with Crippen LogP contribution in [0.2, 0.25) is 0 Å². The van der Waals surface area contributed by atoms with Crippen molar-refractivity contribution in [2.75, 3.05) is 0 Å². The molecule has 0 atom stereocenters. The molecule has 5 nitrogen and oxygen atoms in total. The largest absolute Gasteiger partial charge is 0.284 e. The molecule has 0 aliphatic carbocycles. The molecule has 0 bridgehead atoms. The van der Waals surface area contributed by atoms with Crippen molar-refractivity contribution in [2.24, 2.45) is 0 Å². The van der Waals surface area contributed by atoms with Gasteiger partial charge in [-0.05, 0) is 6.92 Å². The lowest BCUT2D eigenvalue weighted by Gasteiger charge is -2.01. The van der Waals surface area contributed by atoms with Gasteiger partial charge in [0.25, 0.3) is 0 Å². The fourth-order valence-electron chi connectivity index (χ4n) is 1.31. The van der Waals surface area contributed by atoms with Gasteiger partial charge in [-0.15, -0.1) is 10.2 Å². The van der Waals surface area contributed by atoms with Crippen LogP contribution in [0, 0.1) is 6.92 Å². The Bertz CT molecular complexity index is 387. The van der Waals surface area contributed by atoms with Crippen LogP contribution in [0.1, 0.15) is 18.6 Å². The summed E-state index contributed by atoms with van der Waals surface area (Å²) in [6.45, 7) is 3.97. The molecule has 5 heteroatoms. The van der Waals surface area contributed by atoms with E-state index in [1.807, 2.05) is 24.5 Å². The van der Waals surface area contributed by atoms with E-state index in [1.165, 1.54) is 0 Å². The van der Waals surface area contributed by atoms with Gasteiger partial charge in [0.15, 0.2) is 5.82 Å². The van der Waals surface area contributed by atoms with Gasteiger partial charge in [0.05, 0.1) is 0 Å². The van der Waals surface area contributed by atoms with Crippen molar-refractivity contribution in [3.8, 4) is 5.82 Å². The number of hydrogen-bond acceptors (Lipinski definition) is 3. The Morgan fingerprint density at radius 2 is 2.31 bits per heavy atom. The summed E-state index contributed by atoms with van der Waals surface area (Å²) in [6, 6.07) is 1.90. The van der Waals surface area contributed by atoms with Crippen molar-refractivity contribution in [2.45, 2.75) is 20.3 Å². The zero-order chi connectivity index (χ0) is 9.26. The zero-order valence-electron chi connectivity index (χ0n) is 7.65. The number of aromatic nitrogens is 5. The molecule has 1 N–H and O–H groups in total. The molecule has 2 heterocycles. The average molecular weight is 177 g/mol. The molecule has 0 spiro atoms. The molecular weight excluding hydrogens is 166 g/mol. The number of rotatable bonds is 2. The molecular formula is C8H11N5. The van der Waals surface area contributed by atoms with E-state index in [-0.39, 0.29) is 0 Å². The second-order valence-electron chi connectivity index (χ2n) is 2.78. The summed E-state index contributed by atoms with van der Waals surface area (Å²) in [5.74, 6) is 2.65. The summed E-state index contributed by atoms with van der Waals surface area (Å²) >= 11 is 0. The van der Waals surface area contributed by atoms with E-state index in [4.69, 9.17) is 0 Å². The van der Waals surface area contributed by atoms with Gasteiger partial charge in [-0.1, -0.05) is 6.92 Å². The number of H-pyrrole nitrogens is 1. The van der Waals surface area contributed by atoms with Crippen molar-refractivity contribution in [1.82, 2.24) is 25.0 Å². The summed E-state index contributed by atoms with van der Waals surface area (Å²) in [5, 5.41) is 14.9. The molecule has 0 fully saturated rings. The Morgan fingerprint density at radius 1 is 1.46 bits per heavy atom. The van der Waals surface area contributed by atoms with Crippen molar-refractivity contribution in [1.29, 1.82) is 0 Å². The van der Waals surface area contributed by atoms with Crippen LogP contribution in [0.4, 0.5) is 0 Å². The first-order chi connectivity index (χ1) is 6.33. The molecule has 0 radical (unpaired) electrons. The average Bonchev–Trinajstić information content (AvgIpc) is 2.72. The number of aryl methyl sites for hydroxylation is 2. The highest BCUT2D eigenvalue weighted by Gasteiger charge is 2.09. The maximum atomic E-state index is 4.09. The molecule has 2 rings (SSSR count). The summed E-state index contributed by atoms with van der Waals surface area (Å²) in [6.07, 6.45) is 2.64. The third kappa shape index (κ3) is 1.22. The predicted molar refractivity (Wildman–Crippen MR) is 47.6 cm³/mol. The Kier molecular flexibility index (Phi) is 1.84. The zero-order valence-corrected chi connectivity index (χ0v) is 7.65. The van der Waals surface area contributed by atoms with Gasteiger partial charge in [-0.2, -0.15) is 5.10 Å². The van der Waals surface area contributed by atoms with Gasteiger partial charge in [-0.3, -0.25) is 9.67 Å². The van der Waals surface area contributed by atoms with Crippen molar-refractivity contribution in [3.05, 3.63) is 23.9 Å². The monoisotopic (exact) mass is 177 g/mol. The fourth-order valence-corrected chi connectivity index (χ4v) is 1.31. The van der Waals surface area contributed by atoms with E-state index in [1.54, 1.807) is 6.20 Å². The lowest BCUT2D eigenvalue weighted by atomic mass is 10.4. The van der Waals surface area contributed by atoms with Crippen molar-refractivity contribution >= 4 is 0 Å². The highest BCUT2D eigenvalue weighted by atomic mass is 15.3. The Balaban J connectivity index is 2.55. The smallest absolute Gasteiger partial charge is 0.161 e. The molecule has 0 saturated heterocycles. The Morgan fingerprint density at radius 3 is 2.92 bits per heavy atom. The number of aromatic amines is 1. The third-order valence-electron chi connectivity index (χ3n) is 1.92. The first-order valence-corrected chi connectivity index (χ1v) is 4.24. The van der Waals surface area contributed by atoms with E-state index in [9.17, 15) is 0 Å². The van der Waals surface area contributed by atoms with Crippen LogP contribution in [0.5, 0.6) is 0 Å². The topological polar surface area (TPSA) is 59.4 Å². The molecule has 0 aliphatic heterocycles. The summed E-state index contributed by atoms with van der Waals surface area (Å²) in [5.41, 5.74) is 0. The van der Waals surface area contributed by atoms with Gasteiger partial charge >= 0.3 is 0 Å². The van der Waals surface area contributed by atoms with Crippen LogP contribution in [0.3, 0.4) is 0 Å². The van der Waals surface area contributed by atoms with Gasteiger partial charge in [0.2, 0.25) is 0 Å². The van der Waals surface area contributed by atoms with E-state index in [0.717, 1.165) is 23.9 Å². The van der Waals surface area contributed by atoms with Crippen LogP contribution in [0.15, 0.2) is 12.3 Å². The van der Waals surface area contributed by atoms with Gasteiger partial charge in [0, 0.05) is 18.7 Å². The van der Waals surface area contributed by atoms with Crippen LogP contribution in [-0.4, -0.2) is 25.0 Å². The number of nitrogens with one attached hydrogen (secondary N) is 1. The maximum Gasteiger partial charge on any atom is 0.161 e. The normalized spacial score (nSPS) is 10.6.